The summed E-state index contributed by atoms with van der Waals surface area (Å²) in [5.74, 6) is 0.517. The summed E-state index contributed by atoms with van der Waals surface area (Å²) in [7, 11) is 0. The van der Waals surface area contributed by atoms with Gasteiger partial charge in [0, 0.05) is 12.3 Å². The topological polar surface area (TPSA) is 57.7 Å². The number of esters is 1. The number of hydrogen-bond acceptors (Lipinski definition) is 5. The Labute approximate surface area is 87.0 Å². The van der Waals surface area contributed by atoms with Crippen LogP contribution in [0, 0.1) is 0 Å². The lowest BCUT2D eigenvalue weighted by Crippen LogP contribution is -2.17. The Bertz CT molecular complexity index is 378. The number of pyridine rings is 1. The number of aromatic nitrogens is 1. The summed E-state index contributed by atoms with van der Waals surface area (Å²) in [6, 6.07) is 1.58. The fourth-order valence-electron chi connectivity index (χ4n) is 1.26. The smallest absolute Gasteiger partial charge is 0.339 e. The zero-order valence-electron chi connectivity index (χ0n) is 8.36. The highest BCUT2D eigenvalue weighted by atomic mass is 16.6. The minimum absolute atomic E-state index is 0.341. The van der Waals surface area contributed by atoms with E-state index in [0.29, 0.717) is 37.0 Å². The molecule has 15 heavy (non-hydrogen) atoms. The van der Waals surface area contributed by atoms with Gasteiger partial charge in [-0.3, -0.25) is 0 Å². The molecule has 0 amide bonds. The molecule has 2 rings (SSSR count). The first-order valence-electron chi connectivity index (χ1n) is 4.74. The van der Waals surface area contributed by atoms with E-state index in [2.05, 4.69) is 4.98 Å². The minimum Gasteiger partial charge on any atom is -0.484 e. The first-order valence-corrected chi connectivity index (χ1v) is 4.74. The van der Waals surface area contributed by atoms with Crippen LogP contribution in [0.25, 0.3) is 0 Å². The Morgan fingerprint density at radius 3 is 3.13 bits per heavy atom. The minimum atomic E-state index is -0.401. The summed E-state index contributed by atoms with van der Waals surface area (Å²) >= 11 is 0. The Hall–Kier alpha value is -1.78. The highest BCUT2D eigenvalue weighted by Crippen LogP contribution is 2.27. The van der Waals surface area contributed by atoms with Gasteiger partial charge in [-0.25, -0.2) is 9.78 Å². The van der Waals surface area contributed by atoms with Gasteiger partial charge in [-0.05, 0) is 6.92 Å². The molecule has 0 aliphatic carbocycles. The molecule has 5 heteroatoms. The van der Waals surface area contributed by atoms with E-state index in [1.54, 1.807) is 13.0 Å². The highest BCUT2D eigenvalue weighted by molar-refractivity contribution is 5.89. The van der Waals surface area contributed by atoms with Crippen molar-refractivity contribution in [1.82, 2.24) is 4.98 Å². The van der Waals surface area contributed by atoms with E-state index in [4.69, 9.17) is 14.2 Å². The molecule has 0 unspecified atom stereocenters. The predicted molar refractivity (Wildman–Crippen MR) is 51.2 cm³/mol. The molecule has 1 aromatic rings. The van der Waals surface area contributed by atoms with E-state index < -0.39 is 5.97 Å². The van der Waals surface area contributed by atoms with Crippen LogP contribution in [0.4, 0.5) is 0 Å². The molecule has 0 radical (unpaired) electrons. The van der Waals surface area contributed by atoms with Crippen LogP contribution in [0.1, 0.15) is 17.3 Å². The van der Waals surface area contributed by atoms with Gasteiger partial charge in [0.15, 0.2) is 5.75 Å². The van der Waals surface area contributed by atoms with Crippen LogP contribution < -0.4 is 9.47 Å². The number of fused-ring (bicyclic) bond motifs is 1. The van der Waals surface area contributed by atoms with Crippen molar-refractivity contribution in [3.8, 4) is 11.6 Å². The van der Waals surface area contributed by atoms with Crippen LogP contribution in [0.2, 0.25) is 0 Å². The molecule has 0 aromatic carbocycles. The van der Waals surface area contributed by atoms with Crippen molar-refractivity contribution in [3.63, 3.8) is 0 Å². The molecular weight excluding hydrogens is 198 g/mol. The number of ether oxygens (including phenoxy) is 3. The maximum absolute atomic E-state index is 11.4. The average Bonchev–Trinajstić information content (AvgIpc) is 2.29. The van der Waals surface area contributed by atoms with Crippen molar-refractivity contribution in [3.05, 3.63) is 17.8 Å². The Morgan fingerprint density at radius 2 is 2.33 bits per heavy atom. The van der Waals surface area contributed by atoms with Gasteiger partial charge in [0.25, 0.3) is 5.88 Å². The third-order valence-corrected chi connectivity index (χ3v) is 1.91. The molecule has 0 atom stereocenters. The summed E-state index contributed by atoms with van der Waals surface area (Å²) in [5, 5.41) is 0. The maximum Gasteiger partial charge on any atom is 0.339 e. The zero-order valence-corrected chi connectivity index (χ0v) is 8.36. The van der Waals surface area contributed by atoms with E-state index in [0.717, 1.165) is 0 Å². The monoisotopic (exact) mass is 209 g/mol. The standard InChI is InChI=1S/C10H11NO4/c1-2-13-10(12)7-5-8-9(11-6-7)15-4-3-14-8/h5-6H,2-4H2,1H3. The normalized spacial score (nSPS) is 13.4. The van der Waals surface area contributed by atoms with Gasteiger partial charge in [-0.15, -0.1) is 0 Å². The molecular formula is C10H11NO4. The van der Waals surface area contributed by atoms with E-state index in [1.807, 2.05) is 0 Å². The van der Waals surface area contributed by atoms with Crippen molar-refractivity contribution in [2.45, 2.75) is 6.92 Å². The number of hydrogen-bond donors (Lipinski definition) is 0. The predicted octanol–water partition coefficient (Wildman–Crippen LogP) is 1.03. The van der Waals surface area contributed by atoms with Crippen molar-refractivity contribution in [2.75, 3.05) is 19.8 Å². The molecule has 0 spiro atoms. The summed E-state index contributed by atoms with van der Waals surface area (Å²) in [4.78, 5) is 15.3. The van der Waals surface area contributed by atoms with Crippen LogP contribution >= 0.6 is 0 Å². The number of rotatable bonds is 2. The van der Waals surface area contributed by atoms with Crippen LogP contribution in [0.3, 0.4) is 0 Å². The van der Waals surface area contributed by atoms with Crippen molar-refractivity contribution < 1.29 is 19.0 Å². The summed E-state index contributed by atoms with van der Waals surface area (Å²) in [6.45, 7) is 3.05. The summed E-state index contributed by atoms with van der Waals surface area (Å²) in [5.41, 5.74) is 0.376. The maximum atomic E-state index is 11.4. The first-order chi connectivity index (χ1) is 7.31. The lowest BCUT2D eigenvalue weighted by molar-refractivity contribution is 0.0524. The molecule has 1 aliphatic heterocycles. The van der Waals surface area contributed by atoms with Crippen LogP contribution in [0.15, 0.2) is 12.3 Å². The zero-order chi connectivity index (χ0) is 10.7. The van der Waals surface area contributed by atoms with E-state index in [1.165, 1.54) is 6.20 Å². The molecule has 0 saturated heterocycles. The number of nitrogens with zero attached hydrogens (tertiary/aromatic N) is 1. The van der Waals surface area contributed by atoms with Crippen LogP contribution in [-0.2, 0) is 4.74 Å². The van der Waals surface area contributed by atoms with Gasteiger partial charge >= 0.3 is 5.97 Å². The van der Waals surface area contributed by atoms with Gasteiger partial charge in [-0.2, -0.15) is 0 Å². The molecule has 0 fully saturated rings. The number of carbonyl (C=O) groups excluding carboxylic acids is 1. The SMILES string of the molecule is CCOC(=O)c1cnc2c(c1)OCCO2. The molecule has 5 nitrogen and oxygen atoms in total. The Balaban J connectivity index is 2.24. The lowest BCUT2D eigenvalue weighted by Gasteiger charge is -2.17. The first kappa shape index (κ1) is 9.76. The molecule has 80 valence electrons. The largest absolute Gasteiger partial charge is 0.484 e. The average molecular weight is 209 g/mol. The van der Waals surface area contributed by atoms with E-state index in [-0.39, 0.29) is 0 Å². The Morgan fingerprint density at radius 1 is 1.53 bits per heavy atom. The van der Waals surface area contributed by atoms with Crippen molar-refractivity contribution >= 4 is 5.97 Å². The van der Waals surface area contributed by atoms with E-state index >= 15 is 0 Å². The van der Waals surface area contributed by atoms with Gasteiger partial charge in [0.2, 0.25) is 0 Å². The lowest BCUT2D eigenvalue weighted by atomic mass is 10.2. The van der Waals surface area contributed by atoms with Gasteiger partial charge in [0.05, 0.1) is 12.2 Å². The Kier molecular flexibility index (Phi) is 2.71. The fourth-order valence-corrected chi connectivity index (χ4v) is 1.26. The molecule has 1 aromatic heterocycles. The fraction of sp³-hybridized carbons (Fsp3) is 0.400. The second-order valence-corrected chi connectivity index (χ2v) is 2.94. The molecule has 0 saturated carbocycles. The van der Waals surface area contributed by atoms with Crippen LogP contribution in [-0.4, -0.2) is 30.8 Å². The van der Waals surface area contributed by atoms with Crippen LogP contribution in [0.5, 0.6) is 11.6 Å². The molecule has 0 bridgehead atoms. The number of carbonyl (C=O) groups is 1. The van der Waals surface area contributed by atoms with Gasteiger partial charge in [0.1, 0.15) is 13.2 Å². The van der Waals surface area contributed by atoms with E-state index in [9.17, 15) is 4.79 Å². The second-order valence-electron chi connectivity index (χ2n) is 2.94. The molecule has 2 heterocycles. The summed E-state index contributed by atoms with van der Waals surface area (Å²) < 4.78 is 15.4. The second kappa shape index (κ2) is 4.16. The molecule has 0 N–H and O–H groups in total. The quantitative estimate of drug-likeness (QED) is 0.681. The summed E-state index contributed by atoms with van der Waals surface area (Å²) in [6.07, 6.45) is 1.42. The van der Waals surface area contributed by atoms with Crippen molar-refractivity contribution in [2.24, 2.45) is 0 Å². The van der Waals surface area contributed by atoms with Crippen molar-refractivity contribution in [1.29, 1.82) is 0 Å². The van der Waals surface area contributed by atoms with Gasteiger partial charge < -0.3 is 14.2 Å². The van der Waals surface area contributed by atoms with Gasteiger partial charge in [-0.1, -0.05) is 0 Å². The third kappa shape index (κ3) is 2.01. The highest BCUT2D eigenvalue weighted by Gasteiger charge is 2.16. The third-order valence-electron chi connectivity index (χ3n) is 1.91. The molecule has 1 aliphatic rings.